The summed E-state index contributed by atoms with van der Waals surface area (Å²) in [6.07, 6.45) is 2.01. The number of amides is 1. The van der Waals surface area contributed by atoms with Crippen LogP contribution >= 0.6 is 0 Å². The monoisotopic (exact) mass is 311 g/mol. The van der Waals surface area contributed by atoms with Gasteiger partial charge in [0.1, 0.15) is 0 Å². The summed E-state index contributed by atoms with van der Waals surface area (Å²) < 4.78 is 25.0. The Morgan fingerprint density at radius 3 is 2.48 bits per heavy atom. The minimum atomic E-state index is -3.45. The van der Waals surface area contributed by atoms with Crippen LogP contribution in [0.5, 0.6) is 0 Å². The van der Waals surface area contributed by atoms with Gasteiger partial charge in [0.25, 0.3) is 5.91 Å². The van der Waals surface area contributed by atoms with Gasteiger partial charge in [0.2, 0.25) is 10.0 Å². The van der Waals surface area contributed by atoms with E-state index < -0.39 is 10.0 Å². The van der Waals surface area contributed by atoms with E-state index in [0.29, 0.717) is 5.56 Å². The first-order valence-electron chi connectivity index (χ1n) is 6.95. The zero-order valence-corrected chi connectivity index (χ0v) is 13.1. The molecule has 0 bridgehead atoms. The first kappa shape index (κ1) is 15.9. The number of hydrogen-bond donors (Lipinski definition) is 2. The van der Waals surface area contributed by atoms with E-state index in [2.05, 4.69) is 10.6 Å². The standard InChI is InChI=1S/C14H21N3O3S/c1-17(2)21(19,20)13-7-5-11(6-8-13)14(18)16-12-4-3-9-15-10-12/h5-8,12,15H,3-4,9-10H2,1-2H3,(H,16,18)/t12-/m0/s1. The highest BCUT2D eigenvalue weighted by atomic mass is 32.2. The van der Waals surface area contributed by atoms with E-state index in [1.54, 1.807) is 12.1 Å². The summed E-state index contributed by atoms with van der Waals surface area (Å²) in [7, 11) is -0.499. The highest BCUT2D eigenvalue weighted by Gasteiger charge is 2.19. The van der Waals surface area contributed by atoms with Crippen molar-refractivity contribution < 1.29 is 13.2 Å². The van der Waals surface area contributed by atoms with Crippen molar-refractivity contribution in [3.63, 3.8) is 0 Å². The second-order valence-electron chi connectivity index (χ2n) is 5.33. The summed E-state index contributed by atoms with van der Waals surface area (Å²) in [5.74, 6) is -0.169. The van der Waals surface area contributed by atoms with Crippen LogP contribution < -0.4 is 10.6 Å². The Labute approximate surface area is 125 Å². The van der Waals surface area contributed by atoms with Crippen LogP contribution in [0.25, 0.3) is 0 Å². The van der Waals surface area contributed by atoms with Crippen molar-refractivity contribution in [3.8, 4) is 0 Å². The number of hydrogen-bond acceptors (Lipinski definition) is 4. The first-order valence-corrected chi connectivity index (χ1v) is 8.39. The van der Waals surface area contributed by atoms with Crippen molar-refractivity contribution in [2.75, 3.05) is 27.2 Å². The maximum absolute atomic E-state index is 12.1. The van der Waals surface area contributed by atoms with E-state index in [1.165, 1.54) is 26.2 Å². The highest BCUT2D eigenvalue weighted by Crippen LogP contribution is 2.14. The summed E-state index contributed by atoms with van der Waals surface area (Å²) >= 11 is 0. The van der Waals surface area contributed by atoms with Crippen molar-refractivity contribution in [2.45, 2.75) is 23.8 Å². The second-order valence-corrected chi connectivity index (χ2v) is 7.48. The molecule has 0 unspecified atom stereocenters. The summed E-state index contributed by atoms with van der Waals surface area (Å²) in [6.45, 7) is 1.77. The second kappa shape index (κ2) is 6.55. The van der Waals surface area contributed by atoms with Crippen molar-refractivity contribution >= 4 is 15.9 Å². The molecule has 2 N–H and O–H groups in total. The van der Waals surface area contributed by atoms with Crippen LogP contribution in [0.2, 0.25) is 0 Å². The van der Waals surface area contributed by atoms with Gasteiger partial charge in [-0.1, -0.05) is 0 Å². The minimum absolute atomic E-state index is 0.136. The number of nitrogens with zero attached hydrogens (tertiary/aromatic N) is 1. The van der Waals surface area contributed by atoms with Gasteiger partial charge < -0.3 is 10.6 Å². The number of nitrogens with one attached hydrogen (secondary N) is 2. The summed E-state index contributed by atoms with van der Waals surface area (Å²) in [5.41, 5.74) is 0.471. The Morgan fingerprint density at radius 1 is 1.29 bits per heavy atom. The maximum atomic E-state index is 12.1. The molecule has 2 rings (SSSR count). The molecule has 116 valence electrons. The third kappa shape index (κ3) is 3.81. The lowest BCUT2D eigenvalue weighted by Gasteiger charge is -2.23. The Bertz CT molecular complexity index is 590. The molecular weight excluding hydrogens is 290 g/mol. The van der Waals surface area contributed by atoms with Crippen molar-refractivity contribution in [1.82, 2.24) is 14.9 Å². The molecule has 1 aromatic rings. The predicted octanol–water partition coefficient (Wildman–Crippen LogP) is 0.419. The normalized spacial score (nSPS) is 19.5. The lowest BCUT2D eigenvalue weighted by Crippen LogP contribution is -2.45. The van der Waals surface area contributed by atoms with Gasteiger partial charge >= 0.3 is 0 Å². The lowest BCUT2D eigenvalue weighted by molar-refractivity contribution is 0.0930. The fraction of sp³-hybridized carbons (Fsp3) is 0.500. The number of carbonyl (C=O) groups is 1. The van der Waals surface area contributed by atoms with Gasteiger partial charge in [-0.3, -0.25) is 4.79 Å². The summed E-state index contributed by atoms with van der Waals surface area (Å²) in [5, 5.41) is 6.19. The molecule has 1 amide bonds. The summed E-state index contributed by atoms with van der Waals surface area (Å²) in [6, 6.07) is 6.15. The lowest BCUT2D eigenvalue weighted by atomic mass is 10.1. The van der Waals surface area contributed by atoms with Crippen molar-refractivity contribution in [3.05, 3.63) is 29.8 Å². The topological polar surface area (TPSA) is 78.5 Å². The van der Waals surface area contributed by atoms with E-state index in [-0.39, 0.29) is 16.8 Å². The molecular formula is C14H21N3O3S. The van der Waals surface area contributed by atoms with E-state index in [1.807, 2.05) is 0 Å². The van der Waals surface area contributed by atoms with E-state index >= 15 is 0 Å². The zero-order valence-electron chi connectivity index (χ0n) is 12.3. The highest BCUT2D eigenvalue weighted by molar-refractivity contribution is 7.89. The molecule has 0 aromatic heterocycles. The van der Waals surface area contributed by atoms with Crippen molar-refractivity contribution in [2.24, 2.45) is 0 Å². The molecule has 6 nitrogen and oxygen atoms in total. The van der Waals surface area contributed by atoms with Crippen LogP contribution in [-0.2, 0) is 10.0 Å². The van der Waals surface area contributed by atoms with Gasteiger partial charge in [0.15, 0.2) is 0 Å². The van der Waals surface area contributed by atoms with Gasteiger partial charge in [-0.05, 0) is 43.7 Å². The van der Waals surface area contributed by atoms with Gasteiger partial charge in [-0.15, -0.1) is 0 Å². The molecule has 7 heteroatoms. The molecule has 1 aliphatic rings. The van der Waals surface area contributed by atoms with E-state index in [4.69, 9.17) is 0 Å². The van der Waals surface area contributed by atoms with Gasteiger partial charge in [-0.2, -0.15) is 0 Å². The van der Waals surface area contributed by atoms with E-state index in [0.717, 1.165) is 30.2 Å². The van der Waals surface area contributed by atoms with E-state index in [9.17, 15) is 13.2 Å². The van der Waals surface area contributed by atoms with Crippen LogP contribution in [-0.4, -0.2) is 51.9 Å². The molecule has 0 aliphatic carbocycles. The molecule has 1 saturated heterocycles. The van der Waals surface area contributed by atoms with Crippen LogP contribution in [0.15, 0.2) is 29.2 Å². The quantitative estimate of drug-likeness (QED) is 0.845. The molecule has 0 saturated carbocycles. The van der Waals surface area contributed by atoms with Crippen LogP contribution in [0, 0.1) is 0 Å². The fourth-order valence-electron chi connectivity index (χ4n) is 2.23. The average molecular weight is 311 g/mol. The number of piperidine rings is 1. The third-order valence-electron chi connectivity index (χ3n) is 3.53. The molecule has 21 heavy (non-hydrogen) atoms. The summed E-state index contributed by atoms with van der Waals surface area (Å²) in [4.78, 5) is 12.3. The Hall–Kier alpha value is -1.44. The third-order valence-corrected chi connectivity index (χ3v) is 5.36. The molecule has 0 spiro atoms. The van der Waals surface area contributed by atoms with Crippen LogP contribution in [0.3, 0.4) is 0 Å². The van der Waals surface area contributed by atoms with Crippen molar-refractivity contribution in [1.29, 1.82) is 0 Å². The molecule has 1 atom stereocenters. The van der Waals surface area contributed by atoms with Gasteiger partial charge in [0, 0.05) is 32.2 Å². The number of rotatable bonds is 4. The smallest absolute Gasteiger partial charge is 0.251 e. The number of carbonyl (C=O) groups excluding carboxylic acids is 1. The molecule has 0 radical (unpaired) electrons. The predicted molar refractivity (Wildman–Crippen MR) is 80.7 cm³/mol. The van der Waals surface area contributed by atoms with Gasteiger partial charge in [0.05, 0.1) is 4.90 Å². The number of benzene rings is 1. The zero-order chi connectivity index (χ0) is 15.5. The van der Waals surface area contributed by atoms with Crippen LogP contribution in [0.4, 0.5) is 0 Å². The molecule has 1 heterocycles. The molecule has 1 fully saturated rings. The Kier molecular flexibility index (Phi) is 4.97. The SMILES string of the molecule is CN(C)S(=O)(=O)c1ccc(C(=O)N[C@H]2CCCNC2)cc1. The Morgan fingerprint density at radius 2 is 1.95 bits per heavy atom. The molecule has 1 aromatic carbocycles. The maximum Gasteiger partial charge on any atom is 0.251 e. The average Bonchev–Trinajstić information content (AvgIpc) is 2.48. The fourth-order valence-corrected chi connectivity index (χ4v) is 3.13. The van der Waals surface area contributed by atoms with Gasteiger partial charge in [-0.25, -0.2) is 12.7 Å². The number of sulfonamides is 1. The molecule has 1 aliphatic heterocycles. The Balaban J connectivity index is 2.06. The minimum Gasteiger partial charge on any atom is -0.348 e. The van der Waals surface area contributed by atoms with Crippen LogP contribution in [0.1, 0.15) is 23.2 Å². The first-order chi connectivity index (χ1) is 9.91. The largest absolute Gasteiger partial charge is 0.348 e.